The van der Waals surface area contributed by atoms with E-state index in [0.29, 0.717) is 16.9 Å². The molecule has 2 heterocycles. The van der Waals surface area contributed by atoms with Gasteiger partial charge in [-0.25, -0.2) is 4.98 Å². The minimum absolute atomic E-state index is 0.543. The van der Waals surface area contributed by atoms with Crippen molar-refractivity contribution in [3.8, 4) is 0 Å². The number of rotatable bonds is 2. The molecule has 1 aromatic rings. The Kier molecular flexibility index (Phi) is 3.12. The molecule has 0 aliphatic carbocycles. The van der Waals surface area contributed by atoms with Gasteiger partial charge in [-0.3, -0.25) is 4.90 Å². The van der Waals surface area contributed by atoms with Crippen molar-refractivity contribution in [2.75, 3.05) is 12.3 Å². The van der Waals surface area contributed by atoms with E-state index in [1.54, 1.807) is 6.07 Å². The predicted octanol–water partition coefficient (Wildman–Crippen LogP) is 2.30. The maximum atomic E-state index is 6.08. The van der Waals surface area contributed by atoms with Crippen LogP contribution in [0.1, 0.15) is 25.5 Å². The SMILES string of the molecule is CC1CCCN1Cc1nc(N)ccc1Cl. The standard InChI is InChI=1S/C11H16ClN3/c1-8-3-2-6-15(8)7-10-9(12)4-5-11(13)14-10/h4-5,8H,2-3,6-7H2,1H3,(H2,13,14). The Labute approximate surface area is 95.2 Å². The zero-order chi connectivity index (χ0) is 10.8. The molecule has 1 aliphatic rings. The summed E-state index contributed by atoms with van der Waals surface area (Å²) in [7, 11) is 0. The van der Waals surface area contributed by atoms with Gasteiger partial charge in [-0.15, -0.1) is 0 Å². The van der Waals surface area contributed by atoms with Crippen LogP contribution in [0.3, 0.4) is 0 Å². The summed E-state index contributed by atoms with van der Waals surface area (Å²) in [6.45, 7) is 4.19. The molecule has 1 atom stereocenters. The minimum atomic E-state index is 0.543. The van der Waals surface area contributed by atoms with E-state index in [-0.39, 0.29) is 0 Å². The lowest BCUT2D eigenvalue weighted by Gasteiger charge is -2.20. The molecule has 2 rings (SSSR count). The number of hydrogen-bond donors (Lipinski definition) is 1. The third kappa shape index (κ3) is 2.41. The highest BCUT2D eigenvalue weighted by molar-refractivity contribution is 6.31. The number of nitrogens with zero attached hydrogens (tertiary/aromatic N) is 2. The van der Waals surface area contributed by atoms with Crippen molar-refractivity contribution < 1.29 is 0 Å². The van der Waals surface area contributed by atoms with E-state index < -0.39 is 0 Å². The van der Waals surface area contributed by atoms with E-state index in [4.69, 9.17) is 17.3 Å². The molecule has 0 aromatic carbocycles. The van der Waals surface area contributed by atoms with Crippen LogP contribution < -0.4 is 5.73 Å². The molecule has 1 saturated heterocycles. The van der Waals surface area contributed by atoms with Crippen LogP contribution in [0.5, 0.6) is 0 Å². The predicted molar refractivity (Wildman–Crippen MR) is 62.8 cm³/mol. The molecule has 0 amide bonds. The Bertz CT molecular complexity index is 354. The summed E-state index contributed by atoms with van der Waals surface area (Å²) in [4.78, 5) is 6.67. The molecule has 15 heavy (non-hydrogen) atoms. The Morgan fingerprint density at radius 1 is 1.60 bits per heavy atom. The Balaban J connectivity index is 2.12. The van der Waals surface area contributed by atoms with Crippen LogP contribution in [0, 0.1) is 0 Å². The van der Waals surface area contributed by atoms with E-state index >= 15 is 0 Å². The summed E-state index contributed by atoms with van der Waals surface area (Å²) < 4.78 is 0. The van der Waals surface area contributed by atoms with Gasteiger partial charge in [0.15, 0.2) is 0 Å². The average Bonchev–Trinajstić information content (AvgIpc) is 2.58. The molecule has 1 aliphatic heterocycles. The largest absolute Gasteiger partial charge is 0.384 e. The van der Waals surface area contributed by atoms with Gasteiger partial charge in [-0.1, -0.05) is 11.6 Å². The van der Waals surface area contributed by atoms with E-state index in [1.165, 1.54) is 12.8 Å². The number of likely N-dealkylation sites (tertiary alicyclic amines) is 1. The molecule has 3 nitrogen and oxygen atoms in total. The first-order chi connectivity index (χ1) is 7.16. The van der Waals surface area contributed by atoms with Gasteiger partial charge in [-0.2, -0.15) is 0 Å². The fraction of sp³-hybridized carbons (Fsp3) is 0.545. The molecule has 1 aromatic heterocycles. The molecular weight excluding hydrogens is 210 g/mol. The molecule has 0 bridgehead atoms. The number of pyridine rings is 1. The van der Waals surface area contributed by atoms with E-state index in [9.17, 15) is 0 Å². The van der Waals surface area contributed by atoms with Crippen molar-refractivity contribution in [3.63, 3.8) is 0 Å². The Hall–Kier alpha value is -0.800. The topological polar surface area (TPSA) is 42.2 Å². The highest BCUT2D eigenvalue weighted by Crippen LogP contribution is 2.22. The third-order valence-electron chi connectivity index (χ3n) is 2.98. The molecule has 4 heteroatoms. The van der Waals surface area contributed by atoms with Crippen molar-refractivity contribution in [3.05, 3.63) is 22.8 Å². The van der Waals surface area contributed by atoms with Crippen molar-refractivity contribution in [2.45, 2.75) is 32.4 Å². The van der Waals surface area contributed by atoms with Crippen LogP contribution >= 0.6 is 11.6 Å². The third-order valence-corrected chi connectivity index (χ3v) is 3.33. The summed E-state index contributed by atoms with van der Waals surface area (Å²) in [5, 5.41) is 0.711. The maximum Gasteiger partial charge on any atom is 0.123 e. The lowest BCUT2D eigenvalue weighted by molar-refractivity contribution is 0.257. The van der Waals surface area contributed by atoms with Crippen molar-refractivity contribution >= 4 is 17.4 Å². The summed E-state index contributed by atoms with van der Waals surface area (Å²) >= 11 is 6.08. The van der Waals surface area contributed by atoms with Gasteiger partial charge < -0.3 is 5.73 Å². The van der Waals surface area contributed by atoms with E-state index in [2.05, 4.69) is 16.8 Å². The van der Waals surface area contributed by atoms with Crippen LogP contribution in [0.25, 0.3) is 0 Å². The molecule has 0 spiro atoms. The summed E-state index contributed by atoms with van der Waals surface area (Å²) in [6.07, 6.45) is 2.53. The van der Waals surface area contributed by atoms with Crippen molar-refractivity contribution in [2.24, 2.45) is 0 Å². The monoisotopic (exact) mass is 225 g/mol. The zero-order valence-electron chi connectivity index (χ0n) is 8.91. The Morgan fingerprint density at radius 2 is 2.40 bits per heavy atom. The van der Waals surface area contributed by atoms with Gasteiger partial charge in [0.25, 0.3) is 0 Å². The quantitative estimate of drug-likeness (QED) is 0.840. The van der Waals surface area contributed by atoms with Crippen LogP contribution in [0.2, 0.25) is 5.02 Å². The van der Waals surface area contributed by atoms with Crippen molar-refractivity contribution in [1.82, 2.24) is 9.88 Å². The average molecular weight is 226 g/mol. The molecule has 82 valence electrons. The van der Waals surface area contributed by atoms with Gasteiger partial charge in [-0.05, 0) is 38.4 Å². The second-order valence-electron chi connectivity index (χ2n) is 4.13. The first-order valence-corrected chi connectivity index (χ1v) is 5.69. The lowest BCUT2D eigenvalue weighted by Crippen LogP contribution is -2.26. The number of halogens is 1. The second-order valence-corrected chi connectivity index (χ2v) is 4.53. The highest BCUT2D eigenvalue weighted by atomic mass is 35.5. The second kappa shape index (κ2) is 4.37. The first-order valence-electron chi connectivity index (χ1n) is 5.32. The lowest BCUT2D eigenvalue weighted by atomic mass is 10.2. The number of anilines is 1. The molecule has 0 saturated carbocycles. The highest BCUT2D eigenvalue weighted by Gasteiger charge is 2.21. The van der Waals surface area contributed by atoms with Gasteiger partial charge in [0.05, 0.1) is 10.7 Å². The molecule has 1 unspecified atom stereocenters. The normalized spacial score (nSPS) is 22.1. The van der Waals surface area contributed by atoms with Crippen LogP contribution in [-0.4, -0.2) is 22.5 Å². The van der Waals surface area contributed by atoms with Gasteiger partial charge in [0.1, 0.15) is 5.82 Å². The van der Waals surface area contributed by atoms with Crippen LogP contribution in [-0.2, 0) is 6.54 Å². The summed E-state index contributed by atoms with van der Waals surface area (Å²) in [6, 6.07) is 4.18. The fourth-order valence-electron chi connectivity index (χ4n) is 2.03. The Morgan fingerprint density at radius 3 is 3.07 bits per heavy atom. The number of hydrogen-bond acceptors (Lipinski definition) is 3. The van der Waals surface area contributed by atoms with E-state index in [0.717, 1.165) is 18.8 Å². The molecular formula is C11H16ClN3. The summed E-state index contributed by atoms with van der Waals surface area (Å²) in [5.74, 6) is 0.543. The first kappa shape index (κ1) is 10.7. The van der Waals surface area contributed by atoms with Gasteiger partial charge >= 0.3 is 0 Å². The molecule has 0 radical (unpaired) electrons. The zero-order valence-corrected chi connectivity index (χ0v) is 9.67. The van der Waals surface area contributed by atoms with Crippen LogP contribution in [0.4, 0.5) is 5.82 Å². The number of nitrogens with two attached hydrogens (primary N) is 1. The molecule has 2 N–H and O–H groups in total. The number of aromatic nitrogens is 1. The van der Waals surface area contributed by atoms with Gasteiger partial charge in [0.2, 0.25) is 0 Å². The minimum Gasteiger partial charge on any atom is -0.384 e. The maximum absolute atomic E-state index is 6.08. The van der Waals surface area contributed by atoms with Crippen molar-refractivity contribution in [1.29, 1.82) is 0 Å². The van der Waals surface area contributed by atoms with Gasteiger partial charge in [0, 0.05) is 12.6 Å². The number of nitrogen functional groups attached to an aromatic ring is 1. The summed E-state index contributed by atoms with van der Waals surface area (Å²) in [5.41, 5.74) is 6.54. The fourth-order valence-corrected chi connectivity index (χ4v) is 2.20. The molecule has 1 fully saturated rings. The smallest absolute Gasteiger partial charge is 0.123 e. The van der Waals surface area contributed by atoms with E-state index in [1.807, 2.05) is 6.07 Å². The van der Waals surface area contributed by atoms with Crippen LogP contribution in [0.15, 0.2) is 12.1 Å².